The Morgan fingerprint density at radius 1 is 0.926 bits per heavy atom. The molecule has 3 amide bonds. The maximum Gasteiger partial charge on any atom is 0.333 e. The summed E-state index contributed by atoms with van der Waals surface area (Å²) in [6, 6.07) is 20.3. The van der Waals surface area contributed by atoms with Gasteiger partial charge in [-0.1, -0.05) is 60.1 Å². The predicted octanol–water partition coefficient (Wildman–Crippen LogP) is 5.08. The van der Waals surface area contributed by atoms with Crippen molar-refractivity contribution in [3.05, 3.63) is 77.3 Å². The summed E-state index contributed by atoms with van der Waals surface area (Å²) in [6.07, 6.45) is 0. The third-order valence-corrected chi connectivity index (χ3v) is 6.66. The SMILES string of the molecule is O=C1[C@H]2CS[C@@H](c3ccc(Cl)cc3)N2C(=O)N1c1cccc2ccccc12. The number of imide groups is 1. The summed E-state index contributed by atoms with van der Waals surface area (Å²) >= 11 is 7.61. The second kappa shape index (κ2) is 6.29. The molecule has 0 saturated carbocycles. The van der Waals surface area contributed by atoms with Gasteiger partial charge in [-0.2, -0.15) is 0 Å². The lowest BCUT2D eigenvalue weighted by Gasteiger charge is -2.23. The smallest absolute Gasteiger partial charge is 0.295 e. The number of amides is 3. The maximum absolute atomic E-state index is 13.3. The molecular weight excluding hydrogens is 380 g/mol. The van der Waals surface area contributed by atoms with Crippen LogP contribution in [0.2, 0.25) is 5.02 Å². The molecule has 6 heteroatoms. The van der Waals surface area contributed by atoms with Crippen LogP contribution in [0.15, 0.2) is 66.7 Å². The van der Waals surface area contributed by atoms with Gasteiger partial charge in [-0.25, -0.2) is 9.69 Å². The lowest BCUT2D eigenvalue weighted by Crippen LogP contribution is -2.34. The molecule has 0 radical (unpaired) electrons. The van der Waals surface area contributed by atoms with E-state index in [2.05, 4.69) is 0 Å². The molecular formula is C21H15ClN2O2S. The van der Waals surface area contributed by atoms with Crippen LogP contribution in [0, 0.1) is 0 Å². The molecule has 0 N–H and O–H groups in total. The van der Waals surface area contributed by atoms with Gasteiger partial charge in [0.25, 0.3) is 5.91 Å². The highest BCUT2D eigenvalue weighted by Gasteiger charge is 2.53. The first-order valence-corrected chi connectivity index (χ1v) is 10.1. The Kier molecular flexibility index (Phi) is 3.88. The summed E-state index contributed by atoms with van der Waals surface area (Å²) in [6.45, 7) is 0. The topological polar surface area (TPSA) is 40.6 Å². The molecule has 3 aromatic rings. The quantitative estimate of drug-likeness (QED) is 0.569. The van der Waals surface area contributed by atoms with Crippen LogP contribution in [0.25, 0.3) is 10.8 Å². The number of carbonyl (C=O) groups excluding carboxylic acids is 2. The van der Waals surface area contributed by atoms with Crippen LogP contribution >= 0.6 is 23.4 Å². The summed E-state index contributed by atoms with van der Waals surface area (Å²) < 4.78 is 0. The van der Waals surface area contributed by atoms with Crippen LogP contribution in [0.5, 0.6) is 0 Å². The van der Waals surface area contributed by atoms with Gasteiger partial charge in [0.05, 0.1) is 5.69 Å². The number of benzene rings is 3. The van der Waals surface area contributed by atoms with E-state index in [-0.39, 0.29) is 17.3 Å². The van der Waals surface area contributed by atoms with E-state index in [1.165, 1.54) is 4.90 Å². The fourth-order valence-electron chi connectivity index (χ4n) is 3.80. The average molecular weight is 395 g/mol. The van der Waals surface area contributed by atoms with Gasteiger partial charge in [0.1, 0.15) is 11.4 Å². The van der Waals surface area contributed by atoms with Gasteiger partial charge >= 0.3 is 6.03 Å². The molecule has 27 heavy (non-hydrogen) atoms. The van der Waals surface area contributed by atoms with Crippen LogP contribution in [0.4, 0.5) is 10.5 Å². The Morgan fingerprint density at radius 3 is 2.48 bits per heavy atom. The minimum atomic E-state index is -0.429. The van der Waals surface area contributed by atoms with Gasteiger partial charge in [0, 0.05) is 16.2 Å². The highest BCUT2D eigenvalue weighted by Crippen LogP contribution is 2.46. The van der Waals surface area contributed by atoms with Crippen LogP contribution in [0.3, 0.4) is 0 Å². The zero-order valence-electron chi connectivity index (χ0n) is 14.2. The van der Waals surface area contributed by atoms with Crippen molar-refractivity contribution in [1.29, 1.82) is 0 Å². The first kappa shape index (κ1) is 16.7. The van der Waals surface area contributed by atoms with Crippen LogP contribution in [-0.4, -0.2) is 28.6 Å². The Hall–Kier alpha value is -2.50. The van der Waals surface area contributed by atoms with Crippen molar-refractivity contribution in [3.8, 4) is 0 Å². The molecule has 2 saturated heterocycles. The zero-order chi connectivity index (χ0) is 18.5. The number of carbonyl (C=O) groups is 2. The van der Waals surface area contributed by atoms with E-state index in [1.807, 2.05) is 66.7 Å². The number of urea groups is 1. The van der Waals surface area contributed by atoms with Gasteiger partial charge < -0.3 is 0 Å². The minimum absolute atomic E-state index is 0.152. The molecule has 0 aromatic heterocycles. The zero-order valence-corrected chi connectivity index (χ0v) is 15.8. The number of thioether (sulfide) groups is 1. The van der Waals surface area contributed by atoms with Crippen molar-refractivity contribution in [1.82, 2.24) is 4.90 Å². The number of anilines is 1. The molecule has 2 atom stereocenters. The van der Waals surface area contributed by atoms with Gasteiger partial charge in [0.15, 0.2) is 0 Å². The second-order valence-corrected chi connectivity index (χ2v) is 8.16. The van der Waals surface area contributed by atoms with E-state index in [0.29, 0.717) is 16.5 Å². The second-order valence-electron chi connectivity index (χ2n) is 6.61. The molecule has 2 fully saturated rings. The van der Waals surface area contributed by atoms with E-state index in [9.17, 15) is 9.59 Å². The molecule has 2 aliphatic heterocycles. The lowest BCUT2D eigenvalue weighted by molar-refractivity contribution is -0.119. The van der Waals surface area contributed by atoms with Crippen LogP contribution in [0.1, 0.15) is 10.9 Å². The largest absolute Gasteiger partial charge is 0.333 e. The predicted molar refractivity (Wildman–Crippen MR) is 109 cm³/mol. The number of nitrogens with zero attached hydrogens (tertiary/aromatic N) is 2. The third kappa shape index (κ3) is 2.53. The number of fused-ring (bicyclic) bond motifs is 2. The Labute approximate surface area is 165 Å². The molecule has 2 aliphatic rings. The number of hydrogen-bond acceptors (Lipinski definition) is 3. The molecule has 0 bridgehead atoms. The van der Waals surface area contributed by atoms with Crippen molar-refractivity contribution in [2.45, 2.75) is 11.4 Å². The summed E-state index contributed by atoms with van der Waals surface area (Å²) in [5.41, 5.74) is 1.63. The summed E-state index contributed by atoms with van der Waals surface area (Å²) in [4.78, 5) is 29.4. The van der Waals surface area contributed by atoms with Crippen molar-refractivity contribution in [2.24, 2.45) is 0 Å². The molecule has 3 aromatic carbocycles. The molecule has 0 unspecified atom stereocenters. The molecule has 5 rings (SSSR count). The van der Waals surface area contributed by atoms with Crippen molar-refractivity contribution >= 4 is 51.8 Å². The van der Waals surface area contributed by atoms with Gasteiger partial charge in [-0.15, -0.1) is 11.8 Å². The summed E-state index contributed by atoms with van der Waals surface area (Å²) in [5, 5.41) is 2.38. The van der Waals surface area contributed by atoms with Crippen molar-refractivity contribution in [3.63, 3.8) is 0 Å². The van der Waals surface area contributed by atoms with Gasteiger partial charge in [0.2, 0.25) is 0 Å². The molecule has 0 spiro atoms. The highest BCUT2D eigenvalue weighted by atomic mass is 35.5. The molecule has 134 valence electrons. The van der Waals surface area contributed by atoms with E-state index in [4.69, 9.17) is 11.6 Å². The standard InChI is InChI=1S/C21H15ClN2O2S/c22-15-10-8-14(9-11-15)20-24-18(12-27-20)19(25)23(21(24)26)17-7-3-5-13-4-1-2-6-16(13)17/h1-11,18,20H,12H2/t18-,20+/m1/s1. The van der Waals surface area contributed by atoms with Crippen LogP contribution in [-0.2, 0) is 4.79 Å². The fraction of sp³-hybridized carbons (Fsp3) is 0.143. The number of hydrogen-bond donors (Lipinski definition) is 0. The summed E-state index contributed by atoms with van der Waals surface area (Å²) in [7, 11) is 0. The van der Waals surface area contributed by atoms with E-state index >= 15 is 0 Å². The molecule has 2 heterocycles. The van der Waals surface area contributed by atoms with E-state index in [0.717, 1.165) is 16.3 Å². The first-order valence-electron chi connectivity index (χ1n) is 8.66. The Bertz CT molecular complexity index is 1060. The average Bonchev–Trinajstić information content (AvgIpc) is 3.23. The summed E-state index contributed by atoms with van der Waals surface area (Å²) in [5.74, 6) is 0.444. The lowest BCUT2D eigenvalue weighted by atomic mass is 10.1. The van der Waals surface area contributed by atoms with Crippen molar-refractivity contribution in [2.75, 3.05) is 10.7 Å². The minimum Gasteiger partial charge on any atom is -0.295 e. The number of halogens is 1. The monoisotopic (exact) mass is 394 g/mol. The fourth-order valence-corrected chi connectivity index (χ4v) is 5.34. The Morgan fingerprint density at radius 2 is 1.67 bits per heavy atom. The van der Waals surface area contributed by atoms with Gasteiger partial charge in [-0.05, 0) is 29.1 Å². The van der Waals surface area contributed by atoms with E-state index in [1.54, 1.807) is 16.7 Å². The third-order valence-electron chi connectivity index (χ3n) is 5.08. The van der Waals surface area contributed by atoms with Gasteiger partial charge in [-0.3, -0.25) is 9.69 Å². The molecule has 0 aliphatic carbocycles. The first-order chi connectivity index (χ1) is 13.1. The van der Waals surface area contributed by atoms with Crippen LogP contribution < -0.4 is 4.90 Å². The Balaban J connectivity index is 1.56. The normalized spacial score (nSPS) is 22.0. The molecule has 4 nitrogen and oxygen atoms in total. The number of rotatable bonds is 2. The maximum atomic E-state index is 13.3. The van der Waals surface area contributed by atoms with E-state index < -0.39 is 6.04 Å². The van der Waals surface area contributed by atoms with Crippen molar-refractivity contribution < 1.29 is 9.59 Å². The highest BCUT2D eigenvalue weighted by molar-refractivity contribution is 7.99.